The number of urea groups is 1. The first-order valence-electron chi connectivity index (χ1n) is 9.41. The second kappa shape index (κ2) is 10.0. The minimum absolute atomic E-state index is 0.240. The maximum absolute atomic E-state index is 12.4. The highest BCUT2D eigenvalue weighted by Crippen LogP contribution is 2.12. The number of ether oxygens (including phenoxy) is 1. The van der Waals surface area contributed by atoms with Crippen molar-refractivity contribution < 1.29 is 9.53 Å². The van der Waals surface area contributed by atoms with Crippen molar-refractivity contribution in [1.29, 1.82) is 0 Å². The van der Waals surface area contributed by atoms with Crippen molar-refractivity contribution in [3.8, 4) is 5.75 Å². The normalized spacial score (nSPS) is 11.0. The number of rotatable bonds is 5. The van der Waals surface area contributed by atoms with Crippen LogP contribution in [0.4, 0.5) is 16.4 Å². The van der Waals surface area contributed by atoms with Crippen LogP contribution in [0, 0.1) is 13.8 Å². The van der Waals surface area contributed by atoms with Crippen LogP contribution in [0.25, 0.3) is 0 Å². The fourth-order valence-electron chi connectivity index (χ4n) is 2.69. The molecule has 3 N–H and O–H groups in total. The van der Waals surface area contributed by atoms with Gasteiger partial charge in [0.25, 0.3) is 0 Å². The zero-order valence-corrected chi connectivity index (χ0v) is 17.1. The van der Waals surface area contributed by atoms with E-state index in [0.717, 1.165) is 22.7 Å². The van der Waals surface area contributed by atoms with Crippen LogP contribution in [-0.2, 0) is 6.54 Å². The summed E-state index contributed by atoms with van der Waals surface area (Å²) in [6.07, 6.45) is 0. The third-order valence-electron chi connectivity index (χ3n) is 4.05. The molecule has 0 aliphatic rings. The largest absolute Gasteiger partial charge is 0.497 e. The van der Waals surface area contributed by atoms with E-state index >= 15 is 0 Å². The number of hydrogen-bond donors (Lipinski definition) is 3. The lowest BCUT2D eigenvalue weighted by Crippen LogP contribution is -2.39. The topological polar surface area (TPSA) is 101 Å². The number of benzene rings is 2. The number of aryl methyl sites for hydroxylation is 2. The maximum atomic E-state index is 12.4. The highest BCUT2D eigenvalue weighted by atomic mass is 16.5. The summed E-state index contributed by atoms with van der Waals surface area (Å²) in [5, 5.41) is 8.50. The Bertz CT molecular complexity index is 999. The van der Waals surface area contributed by atoms with Gasteiger partial charge in [0.15, 0.2) is 0 Å². The molecule has 1 aromatic heterocycles. The zero-order valence-electron chi connectivity index (χ0n) is 17.1. The number of aliphatic imine (C=N–C) groups is 1. The number of anilines is 2. The second-order valence-electron chi connectivity index (χ2n) is 6.56. The molecule has 30 heavy (non-hydrogen) atoms. The lowest BCUT2D eigenvalue weighted by atomic mass is 10.2. The van der Waals surface area contributed by atoms with Crippen LogP contribution < -0.4 is 20.7 Å². The van der Waals surface area contributed by atoms with Crippen molar-refractivity contribution in [2.75, 3.05) is 17.7 Å². The van der Waals surface area contributed by atoms with Gasteiger partial charge in [-0.1, -0.05) is 30.3 Å². The van der Waals surface area contributed by atoms with E-state index in [1.165, 1.54) is 0 Å². The summed E-state index contributed by atoms with van der Waals surface area (Å²) in [5.41, 5.74) is 3.26. The molecule has 0 fully saturated rings. The molecule has 154 valence electrons. The van der Waals surface area contributed by atoms with E-state index in [4.69, 9.17) is 4.74 Å². The number of para-hydroxylation sites is 1. The van der Waals surface area contributed by atoms with Gasteiger partial charge in [-0.05, 0) is 49.7 Å². The third kappa shape index (κ3) is 6.30. The molecule has 0 unspecified atom stereocenters. The number of aromatic nitrogens is 2. The minimum Gasteiger partial charge on any atom is -0.497 e. The van der Waals surface area contributed by atoms with E-state index in [0.29, 0.717) is 18.2 Å². The lowest BCUT2D eigenvalue weighted by molar-refractivity contribution is 0.256. The Balaban J connectivity index is 1.76. The number of carbonyl (C=O) groups excluding carboxylic acids is 1. The van der Waals surface area contributed by atoms with E-state index in [2.05, 4.69) is 30.9 Å². The molecule has 3 rings (SSSR count). The first-order chi connectivity index (χ1) is 14.5. The molecule has 0 saturated carbocycles. The van der Waals surface area contributed by atoms with E-state index in [9.17, 15) is 4.79 Å². The van der Waals surface area contributed by atoms with Gasteiger partial charge in [0.1, 0.15) is 5.75 Å². The molecule has 3 aromatic rings. The number of amides is 2. The first-order valence-corrected chi connectivity index (χ1v) is 9.41. The SMILES string of the molecule is COc1ccc(CN=C(NC(=O)Nc2ccccc2)Nc2nc(C)cc(C)n2)cc1. The summed E-state index contributed by atoms with van der Waals surface area (Å²) < 4.78 is 5.18. The maximum Gasteiger partial charge on any atom is 0.326 e. The Labute approximate surface area is 175 Å². The molecule has 0 saturated heterocycles. The lowest BCUT2D eigenvalue weighted by Gasteiger charge is -2.12. The standard InChI is InChI=1S/C22H24N6O2/c1-15-13-16(2)25-21(24-15)27-20(23-14-17-9-11-19(30-3)12-10-17)28-22(29)26-18-7-5-4-6-8-18/h4-13H,14H2,1-3H3,(H3,23,24,25,26,27,28,29). The Hall–Kier alpha value is -3.94. The quantitative estimate of drug-likeness (QED) is 0.442. The molecule has 2 aromatic carbocycles. The highest BCUT2D eigenvalue weighted by molar-refractivity contribution is 6.06. The number of hydrogen-bond acceptors (Lipinski definition) is 5. The molecule has 0 aliphatic carbocycles. The van der Waals surface area contributed by atoms with Crippen LogP contribution in [0.1, 0.15) is 17.0 Å². The van der Waals surface area contributed by atoms with Gasteiger partial charge < -0.3 is 10.1 Å². The van der Waals surface area contributed by atoms with E-state index in [1.807, 2.05) is 62.4 Å². The summed E-state index contributed by atoms with van der Waals surface area (Å²) in [7, 11) is 1.62. The summed E-state index contributed by atoms with van der Waals surface area (Å²) in [4.78, 5) is 25.6. The fraction of sp³-hybridized carbons (Fsp3) is 0.182. The van der Waals surface area contributed by atoms with Crippen molar-refractivity contribution >= 4 is 23.6 Å². The van der Waals surface area contributed by atoms with E-state index < -0.39 is 6.03 Å². The molecule has 0 aliphatic heterocycles. The molecule has 8 heteroatoms. The van der Waals surface area contributed by atoms with Crippen LogP contribution in [0.2, 0.25) is 0 Å². The van der Waals surface area contributed by atoms with Gasteiger partial charge in [-0.3, -0.25) is 10.6 Å². The predicted molar refractivity (Wildman–Crippen MR) is 118 cm³/mol. The van der Waals surface area contributed by atoms with Gasteiger partial charge >= 0.3 is 6.03 Å². The summed E-state index contributed by atoms with van der Waals surface area (Å²) in [5.74, 6) is 1.37. The van der Waals surface area contributed by atoms with Crippen molar-refractivity contribution in [3.63, 3.8) is 0 Å². The van der Waals surface area contributed by atoms with Crippen molar-refractivity contribution in [2.24, 2.45) is 4.99 Å². The zero-order chi connectivity index (χ0) is 21.3. The van der Waals surface area contributed by atoms with Gasteiger partial charge in [0.2, 0.25) is 11.9 Å². The molecular weight excluding hydrogens is 380 g/mol. The van der Waals surface area contributed by atoms with E-state index in [1.54, 1.807) is 19.2 Å². The number of methoxy groups -OCH3 is 1. The smallest absolute Gasteiger partial charge is 0.326 e. The van der Waals surface area contributed by atoms with Crippen LogP contribution in [0.5, 0.6) is 5.75 Å². The van der Waals surface area contributed by atoms with Crippen molar-refractivity contribution in [3.05, 3.63) is 77.6 Å². The van der Waals surface area contributed by atoms with Crippen LogP contribution >= 0.6 is 0 Å². The predicted octanol–water partition coefficient (Wildman–Crippen LogP) is 3.89. The summed E-state index contributed by atoms with van der Waals surface area (Å²) >= 11 is 0. The van der Waals surface area contributed by atoms with Gasteiger partial charge in [-0.25, -0.2) is 19.8 Å². The Morgan fingerprint density at radius 3 is 2.27 bits per heavy atom. The van der Waals surface area contributed by atoms with Crippen LogP contribution in [-0.4, -0.2) is 29.1 Å². The molecule has 0 bridgehead atoms. The molecule has 0 atom stereocenters. The first kappa shape index (κ1) is 20.8. The van der Waals surface area contributed by atoms with Gasteiger partial charge in [0, 0.05) is 17.1 Å². The Kier molecular flexibility index (Phi) is 6.94. The molecule has 0 radical (unpaired) electrons. The Morgan fingerprint density at radius 2 is 1.63 bits per heavy atom. The van der Waals surface area contributed by atoms with Crippen molar-refractivity contribution in [1.82, 2.24) is 15.3 Å². The molecule has 0 spiro atoms. The van der Waals surface area contributed by atoms with Gasteiger partial charge in [-0.15, -0.1) is 0 Å². The number of carbonyl (C=O) groups is 1. The summed E-state index contributed by atoms with van der Waals surface area (Å²) in [6, 6.07) is 18.2. The highest BCUT2D eigenvalue weighted by Gasteiger charge is 2.09. The summed E-state index contributed by atoms with van der Waals surface area (Å²) in [6.45, 7) is 4.11. The van der Waals surface area contributed by atoms with Gasteiger partial charge in [-0.2, -0.15) is 0 Å². The van der Waals surface area contributed by atoms with Crippen LogP contribution in [0.3, 0.4) is 0 Å². The second-order valence-corrected chi connectivity index (χ2v) is 6.56. The van der Waals surface area contributed by atoms with Gasteiger partial charge in [0.05, 0.1) is 13.7 Å². The molecule has 2 amide bonds. The molecular formula is C22H24N6O2. The molecule has 8 nitrogen and oxygen atoms in total. The average molecular weight is 404 g/mol. The third-order valence-corrected chi connectivity index (χ3v) is 4.05. The van der Waals surface area contributed by atoms with Crippen LogP contribution in [0.15, 0.2) is 65.7 Å². The van der Waals surface area contributed by atoms with Crippen molar-refractivity contribution in [2.45, 2.75) is 20.4 Å². The number of nitrogens with zero attached hydrogens (tertiary/aromatic N) is 3. The number of nitrogens with one attached hydrogen (secondary N) is 3. The average Bonchev–Trinajstić information content (AvgIpc) is 2.72. The van der Waals surface area contributed by atoms with E-state index in [-0.39, 0.29) is 5.96 Å². The fourth-order valence-corrected chi connectivity index (χ4v) is 2.69. The molecule has 1 heterocycles. The number of guanidine groups is 1. The minimum atomic E-state index is -0.424. The monoisotopic (exact) mass is 404 g/mol. The Morgan fingerprint density at radius 1 is 0.967 bits per heavy atom.